The van der Waals surface area contributed by atoms with Crippen LogP contribution < -0.4 is 19.8 Å². The van der Waals surface area contributed by atoms with E-state index in [1.54, 1.807) is 7.11 Å². The van der Waals surface area contributed by atoms with Crippen LogP contribution in [-0.2, 0) is 4.79 Å². The van der Waals surface area contributed by atoms with Crippen LogP contribution in [0.5, 0.6) is 11.5 Å². The number of benzene rings is 2. The number of ether oxygens (including phenoxy) is 2. The molecule has 3 nitrogen and oxygen atoms in total. The van der Waals surface area contributed by atoms with Gasteiger partial charge >= 0.3 is 5.97 Å². The zero-order valence-electron chi connectivity index (χ0n) is 16.0. The topological polar surface area (TPSA) is 35.5 Å². The van der Waals surface area contributed by atoms with Crippen LogP contribution in [0.1, 0.15) is 6.92 Å². The number of rotatable bonds is 4. The second-order valence-corrected chi connectivity index (χ2v) is 18.4. The Kier molecular flexibility index (Phi) is 4.97. The number of hydrogen-bond donors (Lipinski definition) is 0. The van der Waals surface area contributed by atoms with E-state index in [9.17, 15) is 4.79 Å². The van der Waals surface area contributed by atoms with Gasteiger partial charge in [0.25, 0.3) is 0 Å². The van der Waals surface area contributed by atoms with Crippen molar-refractivity contribution in [1.82, 2.24) is 0 Å². The quantitative estimate of drug-likeness (QED) is 0.472. The van der Waals surface area contributed by atoms with Gasteiger partial charge in [-0.15, -0.1) is 0 Å². The van der Waals surface area contributed by atoms with Gasteiger partial charge in [0, 0.05) is 6.92 Å². The third kappa shape index (κ3) is 3.90. The maximum Gasteiger partial charge on any atom is 0.308 e. The van der Waals surface area contributed by atoms with E-state index in [0.29, 0.717) is 11.5 Å². The fourth-order valence-corrected chi connectivity index (χ4v) is 8.13. The maximum atomic E-state index is 11.4. The lowest BCUT2D eigenvalue weighted by Gasteiger charge is -2.28. The average Bonchev–Trinajstić information content (AvgIpc) is 2.42. The van der Waals surface area contributed by atoms with Crippen LogP contribution in [0.2, 0.25) is 39.3 Å². The molecule has 0 aliphatic heterocycles. The number of carbonyl (C=O) groups is 1. The highest BCUT2D eigenvalue weighted by atomic mass is 28.3. The Morgan fingerprint density at radius 2 is 1.21 bits per heavy atom. The number of esters is 1. The molecule has 0 amide bonds. The smallest absolute Gasteiger partial charge is 0.308 e. The van der Waals surface area contributed by atoms with Crippen molar-refractivity contribution in [2.75, 3.05) is 7.11 Å². The molecule has 0 saturated heterocycles. The molecule has 0 aliphatic rings. The molecular weight excluding hydrogens is 332 g/mol. The van der Waals surface area contributed by atoms with Crippen LogP contribution in [0.3, 0.4) is 0 Å². The molecule has 2 rings (SSSR count). The van der Waals surface area contributed by atoms with E-state index in [1.165, 1.54) is 17.3 Å². The molecule has 0 saturated carbocycles. The summed E-state index contributed by atoms with van der Waals surface area (Å²) in [6, 6.07) is 8.54. The van der Waals surface area contributed by atoms with Gasteiger partial charge in [-0.25, -0.2) is 0 Å². The van der Waals surface area contributed by atoms with Crippen LogP contribution in [0.4, 0.5) is 0 Å². The minimum Gasteiger partial charge on any atom is -0.493 e. The zero-order chi connectivity index (χ0) is 18.3. The van der Waals surface area contributed by atoms with Crippen molar-refractivity contribution in [3.05, 3.63) is 24.3 Å². The van der Waals surface area contributed by atoms with Crippen molar-refractivity contribution < 1.29 is 14.3 Å². The van der Waals surface area contributed by atoms with E-state index in [4.69, 9.17) is 9.47 Å². The summed E-state index contributed by atoms with van der Waals surface area (Å²) >= 11 is 0. The molecule has 0 spiro atoms. The summed E-state index contributed by atoms with van der Waals surface area (Å²) < 4.78 is 10.7. The molecule has 2 aromatic rings. The van der Waals surface area contributed by atoms with Crippen molar-refractivity contribution in [3.8, 4) is 11.5 Å². The van der Waals surface area contributed by atoms with E-state index >= 15 is 0 Å². The molecule has 0 heterocycles. The molecule has 0 bridgehead atoms. The van der Waals surface area contributed by atoms with Gasteiger partial charge < -0.3 is 9.47 Å². The SMILES string of the molecule is COc1cc2cc([Si](C)(C)C)c([Si](C)(C)C)cc2cc1OC(C)=O. The molecule has 0 radical (unpaired) electrons. The highest BCUT2D eigenvalue weighted by Gasteiger charge is 2.28. The summed E-state index contributed by atoms with van der Waals surface area (Å²) in [7, 11) is -1.34. The third-order valence-corrected chi connectivity index (χ3v) is 8.44. The predicted molar refractivity (Wildman–Crippen MR) is 108 cm³/mol. The normalized spacial score (nSPS) is 12.3. The van der Waals surface area contributed by atoms with Crippen molar-refractivity contribution in [1.29, 1.82) is 0 Å². The van der Waals surface area contributed by atoms with Crippen molar-refractivity contribution >= 4 is 43.3 Å². The minimum atomic E-state index is -1.48. The Balaban J connectivity index is 2.80. The average molecular weight is 361 g/mol. The van der Waals surface area contributed by atoms with Crippen LogP contribution >= 0.6 is 0 Å². The van der Waals surface area contributed by atoms with Gasteiger partial charge in [-0.05, 0) is 22.9 Å². The molecule has 0 aromatic heterocycles. The summed E-state index contributed by atoms with van der Waals surface area (Å²) in [6.07, 6.45) is 0. The largest absolute Gasteiger partial charge is 0.493 e. The van der Waals surface area contributed by atoms with Gasteiger partial charge in [0.2, 0.25) is 0 Å². The molecule has 24 heavy (non-hydrogen) atoms. The molecular formula is C19H28O3Si2. The first kappa shape index (κ1) is 18.7. The Bertz CT molecular complexity index is 784. The summed E-state index contributed by atoms with van der Waals surface area (Å²) in [6.45, 7) is 15.7. The first-order valence-corrected chi connectivity index (χ1v) is 15.3. The lowest BCUT2D eigenvalue weighted by atomic mass is 10.1. The number of hydrogen-bond acceptors (Lipinski definition) is 3. The standard InChI is InChI=1S/C19H28O3Si2/c1-13(20)22-17-10-15-12-19(24(6,7)8)18(23(3,4)5)11-14(15)9-16(17)21-2/h9-12H,1-8H3. The molecule has 0 N–H and O–H groups in total. The fourth-order valence-electron chi connectivity index (χ4n) is 2.94. The lowest BCUT2D eigenvalue weighted by Crippen LogP contribution is -2.56. The summed E-state index contributed by atoms with van der Waals surface area (Å²) in [4.78, 5) is 11.4. The first-order valence-electron chi connectivity index (χ1n) is 8.28. The van der Waals surface area contributed by atoms with Gasteiger partial charge in [-0.1, -0.05) is 61.8 Å². The number of fused-ring (bicyclic) bond motifs is 1. The Hall–Kier alpha value is -1.60. The summed E-state index contributed by atoms with van der Waals surface area (Å²) in [5.74, 6) is 0.747. The second-order valence-electron chi connectivity index (χ2n) is 8.34. The first-order chi connectivity index (χ1) is 10.9. The molecule has 0 aliphatic carbocycles. The lowest BCUT2D eigenvalue weighted by molar-refractivity contribution is -0.131. The highest BCUT2D eigenvalue weighted by Crippen LogP contribution is 2.32. The Morgan fingerprint density at radius 1 is 0.792 bits per heavy atom. The van der Waals surface area contributed by atoms with Crippen molar-refractivity contribution in [3.63, 3.8) is 0 Å². The van der Waals surface area contributed by atoms with Gasteiger partial charge in [-0.2, -0.15) is 0 Å². The molecule has 0 unspecified atom stereocenters. The minimum absolute atomic E-state index is 0.336. The van der Waals surface area contributed by atoms with Gasteiger partial charge in [0.05, 0.1) is 23.3 Å². The molecule has 0 atom stereocenters. The third-order valence-electron chi connectivity index (χ3n) is 4.13. The monoisotopic (exact) mass is 360 g/mol. The zero-order valence-corrected chi connectivity index (χ0v) is 18.0. The van der Waals surface area contributed by atoms with E-state index < -0.39 is 16.1 Å². The number of carbonyl (C=O) groups excluding carboxylic acids is 1. The molecule has 2 aromatic carbocycles. The van der Waals surface area contributed by atoms with Crippen molar-refractivity contribution in [2.24, 2.45) is 0 Å². The van der Waals surface area contributed by atoms with Crippen LogP contribution in [0, 0.1) is 0 Å². The van der Waals surface area contributed by atoms with Crippen LogP contribution in [-0.4, -0.2) is 29.2 Å². The van der Waals surface area contributed by atoms with E-state index in [1.807, 2.05) is 12.1 Å². The molecule has 0 fully saturated rings. The second kappa shape index (κ2) is 6.37. The Morgan fingerprint density at radius 3 is 1.54 bits per heavy atom. The summed E-state index contributed by atoms with van der Waals surface area (Å²) in [5, 5.41) is 5.28. The predicted octanol–water partition coefficient (Wildman–Crippen LogP) is 3.86. The van der Waals surface area contributed by atoms with Gasteiger partial charge in [0.1, 0.15) is 0 Å². The molecule has 130 valence electrons. The van der Waals surface area contributed by atoms with E-state index in [0.717, 1.165) is 10.8 Å². The highest BCUT2D eigenvalue weighted by molar-refractivity contribution is 6.98. The maximum absolute atomic E-state index is 11.4. The Labute approximate surface area is 147 Å². The number of methoxy groups -OCH3 is 1. The van der Waals surface area contributed by atoms with Gasteiger partial charge in [-0.3, -0.25) is 4.79 Å². The van der Waals surface area contributed by atoms with Crippen LogP contribution in [0.25, 0.3) is 10.8 Å². The molecule has 5 heteroatoms. The van der Waals surface area contributed by atoms with Crippen molar-refractivity contribution in [2.45, 2.75) is 46.2 Å². The van der Waals surface area contributed by atoms with E-state index in [-0.39, 0.29) is 5.97 Å². The van der Waals surface area contributed by atoms with E-state index in [2.05, 4.69) is 51.4 Å². The summed E-state index contributed by atoms with van der Waals surface area (Å²) in [5.41, 5.74) is 0. The fraction of sp³-hybridized carbons (Fsp3) is 0.421. The van der Waals surface area contributed by atoms with Gasteiger partial charge in [0.15, 0.2) is 11.5 Å². The van der Waals surface area contributed by atoms with Crippen LogP contribution in [0.15, 0.2) is 24.3 Å².